The van der Waals surface area contributed by atoms with Crippen molar-refractivity contribution in [2.75, 3.05) is 13.1 Å². The van der Waals surface area contributed by atoms with Gasteiger partial charge in [0.2, 0.25) is 0 Å². The summed E-state index contributed by atoms with van der Waals surface area (Å²) in [5.41, 5.74) is 9.84. The lowest BCUT2D eigenvalue weighted by Crippen LogP contribution is -2.35. The molecule has 0 bridgehead atoms. The molecule has 1 fully saturated rings. The third kappa shape index (κ3) is 3.07. The summed E-state index contributed by atoms with van der Waals surface area (Å²) in [6, 6.07) is 10.3. The Morgan fingerprint density at radius 2 is 2.04 bits per heavy atom. The molecule has 0 spiro atoms. The molecule has 1 aliphatic heterocycles. The van der Waals surface area contributed by atoms with Gasteiger partial charge in [-0.3, -0.25) is 4.79 Å². The summed E-state index contributed by atoms with van der Waals surface area (Å²) in [6.07, 6.45) is 4.03. The SMILES string of the molecule is CC1CC(CN)CN1C(=O)c1nn(-c2ccccc2)c2c1CCC2.Cl. The Morgan fingerprint density at radius 3 is 2.72 bits per heavy atom. The minimum absolute atomic E-state index is 0. The molecule has 1 amide bonds. The maximum absolute atomic E-state index is 13.1. The highest BCUT2D eigenvalue weighted by Crippen LogP contribution is 2.31. The Balaban J connectivity index is 0.00000182. The molecule has 0 saturated carbocycles. The normalized spacial score (nSPS) is 21.9. The third-order valence-electron chi connectivity index (χ3n) is 5.39. The number of fused-ring (bicyclic) bond motifs is 1. The minimum Gasteiger partial charge on any atom is -0.334 e. The highest BCUT2D eigenvalue weighted by atomic mass is 35.5. The number of likely N-dealkylation sites (tertiary alicyclic amines) is 1. The van der Waals surface area contributed by atoms with Gasteiger partial charge in [0.05, 0.1) is 5.69 Å². The van der Waals surface area contributed by atoms with Crippen LogP contribution in [0.2, 0.25) is 0 Å². The predicted molar refractivity (Wildman–Crippen MR) is 100 cm³/mol. The Labute approximate surface area is 154 Å². The Kier molecular flexibility index (Phi) is 5.16. The van der Waals surface area contributed by atoms with Gasteiger partial charge in [0.25, 0.3) is 5.91 Å². The van der Waals surface area contributed by atoms with Crippen LogP contribution in [0.15, 0.2) is 30.3 Å². The van der Waals surface area contributed by atoms with Crippen LogP contribution in [0.3, 0.4) is 0 Å². The summed E-state index contributed by atoms with van der Waals surface area (Å²) < 4.78 is 1.97. The molecular weight excluding hydrogens is 336 g/mol. The van der Waals surface area contributed by atoms with Crippen molar-refractivity contribution >= 4 is 18.3 Å². The number of benzene rings is 1. The highest BCUT2D eigenvalue weighted by molar-refractivity contribution is 5.94. The third-order valence-corrected chi connectivity index (χ3v) is 5.39. The molecule has 2 atom stereocenters. The van der Waals surface area contributed by atoms with Crippen LogP contribution in [-0.2, 0) is 12.8 Å². The van der Waals surface area contributed by atoms with E-state index in [-0.39, 0.29) is 24.4 Å². The van der Waals surface area contributed by atoms with E-state index in [1.807, 2.05) is 39.9 Å². The summed E-state index contributed by atoms with van der Waals surface area (Å²) in [4.78, 5) is 15.1. The van der Waals surface area contributed by atoms with Gasteiger partial charge in [0, 0.05) is 23.8 Å². The van der Waals surface area contributed by atoms with Crippen LogP contribution in [0.5, 0.6) is 0 Å². The molecular formula is C19H25ClN4O. The first kappa shape index (κ1) is 18.0. The Hall–Kier alpha value is -1.85. The fraction of sp³-hybridized carbons (Fsp3) is 0.474. The number of hydrogen-bond acceptors (Lipinski definition) is 3. The molecule has 2 aliphatic rings. The lowest BCUT2D eigenvalue weighted by molar-refractivity contribution is 0.0736. The van der Waals surface area contributed by atoms with E-state index in [4.69, 9.17) is 10.8 Å². The molecule has 6 heteroatoms. The summed E-state index contributed by atoms with van der Waals surface area (Å²) in [6.45, 7) is 3.51. The number of nitrogens with zero attached hydrogens (tertiary/aromatic N) is 3. The number of halogens is 1. The number of amides is 1. The monoisotopic (exact) mass is 360 g/mol. The average molecular weight is 361 g/mol. The first-order valence-electron chi connectivity index (χ1n) is 8.86. The van der Waals surface area contributed by atoms with Crippen molar-refractivity contribution in [3.8, 4) is 5.69 Å². The zero-order chi connectivity index (χ0) is 16.7. The number of rotatable bonds is 3. The first-order valence-corrected chi connectivity index (χ1v) is 8.86. The highest BCUT2D eigenvalue weighted by Gasteiger charge is 2.36. The van der Waals surface area contributed by atoms with Crippen LogP contribution in [0.4, 0.5) is 0 Å². The molecule has 4 rings (SSSR count). The lowest BCUT2D eigenvalue weighted by atomic mass is 10.1. The lowest BCUT2D eigenvalue weighted by Gasteiger charge is -2.20. The molecule has 1 aromatic carbocycles. The standard InChI is InChI=1S/C19H24N4O.ClH/c1-13-10-14(11-20)12-22(13)19(24)18-16-8-5-9-17(16)23(21-18)15-6-3-2-4-7-15;/h2-4,6-7,13-14H,5,8-12,20H2,1H3;1H. The van der Waals surface area contributed by atoms with Crippen molar-refractivity contribution in [3.05, 3.63) is 47.3 Å². The second-order valence-electron chi connectivity index (χ2n) is 7.02. The molecule has 134 valence electrons. The zero-order valence-electron chi connectivity index (χ0n) is 14.5. The number of para-hydroxylation sites is 1. The number of carbonyl (C=O) groups excluding carboxylic acids is 1. The van der Waals surface area contributed by atoms with Crippen molar-refractivity contribution in [1.29, 1.82) is 0 Å². The van der Waals surface area contributed by atoms with E-state index < -0.39 is 0 Å². The number of nitrogens with two attached hydrogens (primary N) is 1. The van der Waals surface area contributed by atoms with Gasteiger partial charge in [-0.05, 0) is 57.2 Å². The van der Waals surface area contributed by atoms with Crippen molar-refractivity contribution in [3.63, 3.8) is 0 Å². The fourth-order valence-electron chi connectivity index (χ4n) is 4.12. The maximum Gasteiger partial charge on any atom is 0.274 e. The largest absolute Gasteiger partial charge is 0.334 e. The Morgan fingerprint density at radius 1 is 1.28 bits per heavy atom. The summed E-state index contributed by atoms with van der Waals surface area (Å²) in [5, 5.41) is 4.73. The quantitative estimate of drug-likeness (QED) is 0.915. The topological polar surface area (TPSA) is 64.2 Å². The van der Waals surface area contributed by atoms with Gasteiger partial charge < -0.3 is 10.6 Å². The molecule has 2 N–H and O–H groups in total. The molecule has 2 heterocycles. The average Bonchev–Trinajstić information content (AvgIpc) is 3.29. The van der Waals surface area contributed by atoms with Gasteiger partial charge in [-0.25, -0.2) is 4.68 Å². The van der Waals surface area contributed by atoms with Crippen LogP contribution < -0.4 is 5.73 Å². The van der Waals surface area contributed by atoms with E-state index in [0.717, 1.165) is 43.5 Å². The van der Waals surface area contributed by atoms with Crippen LogP contribution in [0.1, 0.15) is 41.5 Å². The second kappa shape index (κ2) is 7.18. The molecule has 0 radical (unpaired) electrons. The van der Waals surface area contributed by atoms with E-state index in [1.54, 1.807) is 0 Å². The predicted octanol–water partition coefficient (Wildman–Crippen LogP) is 2.59. The summed E-state index contributed by atoms with van der Waals surface area (Å²) in [5.74, 6) is 0.486. The maximum atomic E-state index is 13.1. The van der Waals surface area contributed by atoms with Crippen molar-refractivity contribution in [1.82, 2.24) is 14.7 Å². The van der Waals surface area contributed by atoms with Crippen LogP contribution in [0, 0.1) is 5.92 Å². The first-order chi connectivity index (χ1) is 11.7. The molecule has 25 heavy (non-hydrogen) atoms. The van der Waals surface area contributed by atoms with E-state index in [2.05, 4.69) is 6.92 Å². The van der Waals surface area contributed by atoms with Gasteiger partial charge in [-0.1, -0.05) is 18.2 Å². The molecule has 1 aromatic heterocycles. The van der Waals surface area contributed by atoms with Crippen molar-refractivity contribution in [2.24, 2.45) is 11.7 Å². The van der Waals surface area contributed by atoms with Gasteiger partial charge in [-0.2, -0.15) is 5.10 Å². The molecule has 5 nitrogen and oxygen atoms in total. The smallest absolute Gasteiger partial charge is 0.274 e. The van der Waals surface area contributed by atoms with E-state index >= 15 is 0 Å². The summed E-state index contributed by atoms with van der Waals surface area (Å²) in [7, 11) is 0. The van der Waals surface area contributed by atoms with E-state index in [0.29, 0.717) is 18.2 Å². The summed E-state index contributed by atoms with van der Waals surface area (Å²) >= 11 is 0. The van der Waals surface area contributed by atoms with Gasteiger partial charge in [0.15, 0.2) is 5.69 Å². The van der Waals surface area contributed by atoms with Gasteiger partial charge in [-0.15, -0.1) is 12.4 Å². The van der Waals surface area contributed by atoms with Crippen molar-refractivity contribution in [2.45, 2.75) is 38.6 Å². The number of aromatic nitrogens is 2. The molecule has 1 aliphatic carbocycles. The number of hydrogen-bond donors (Lipinski definition) is 1. The zero-order valence-corrected chi connectivity index (χ0v) is 15.3. The molecule has 2 unspecified atom stereocenters. The van der Waals surface area contributed by atoms with Gasteiger partial charge in [0.1, 0.15) is 0 Å². The molecule has 1 saturated heterocycles. The van der Waals surface area contributed by atoms with Crippen LogP contribution in [0.25, 0.3) is 5.69 Å². The van der Waals surface area contributed by atoms with Crippen LogP contribution >= 0.6 is 12.4 Å². The minimum atomic E-state index is 0. The van der Waals surface area contributed by atoms with Crippen molar-refractivity contribution < 1.29 is 4.79 Å². The Bertz CT molecular complexity index is 758. The fourth-order valence-corrected chi connectivity index (χ4v) is 4.12. The van der Waals surface area contributed by atoms with E-state index in [1.165, 1.54) is 5.69 Å². The number of carbonyl (C=O) groups is 1. The van der Waals surface area contributed by atoms with Crippen LogP contribution in [-0.4, -0.2) is 39.7 Å². The molecule has 2 aromatic rings. The van der Waals surface area contributed by atoms with Gasteiger partial charge >= 0.3 is 0 Å². The second-order valence-corrected chi connectivity index (χ2v) is 7.02. The van der Waals surface area contributed by atoms with E-state index in [9.17, 15) is 4.79 Å².